The van der Waals surface area contributed by atoms with Crippen LogP contribution in [0.25, 0.3) is 10.8 Å². The zero-order valence-electron chi connectivity index (χ0n) is 12.8. The second-order valence-corrected chi connectivity index (χ2v) is 7.99. The van der Waals surface area contributed by atoms with E-state index in [0.717, 1.165) is 18.6 Å². The normalized spacial score (nSPS) is 11.4. The lowest BCUT2D eigenvalue weighted by Gasteiger charge is -2.04. The van der Waals surface area contributed by atoms with Crippen molar-refractivity contribution in [1.29, 1.82) is 0 Å². The van der Waals surface area contributed by atoms with E-state index in [4.69, 9.17) is 0 Å². The van der Waals surface area contributed by atoms with Gasteiger partial charge in [-0.15, -0.1) is 0 Å². The van der Waals surface area contributed by atoms with Gasteiger partial charge in [0.05, 0.1) is 16.9 Å². The molecule has 3 rings (SSSR count). The highest BCUT2D eigenvalue weighted by atomic mass is 32.2. The first-order valence-corrected chi connectivity index (χ1v) is 9.25. The topological polar surface area (TPSA) is 104 Å². The molecule has 0 saturated carbocycles. The van der Waals surface area contributed by atoms with Crippen LogP contribution in [0, 0.1) is 10.1 Å². The minimum atomic E-state index is -4.17. The molecule has 0 aliphatic rings. The van der Waals surface area contributed by atoms with E-state index in [1.807, 2.05) is 12.1 Å². The van der Waals surface area contributed by atoms with E-state index in [0.29, 0.717) is 16.7 Å². The molecule has 0 radical (unpaired) electrons. The first-order valence-electron chi connectivity index (χ1n) is 6.95. The van der Waals surface area contributed by atoms with E-state index < -0.39 is 30.6 Å². The number of carbonyl (C=O) groups is 1. The Kier molecular flexibility index (Phi) is 4.27. The molecule has 2 aromatic carbocycles. The van der Waals surface area contributed by atoms with Gasteiger partial charge in [0.1, 0.15) is 4.88 Å². The molecule has 128 valence electrons. The molecular weight excluding hydrogens is 366 g/mol. The molecule has 3 aromatic rings. The lowest BCUT2D eigenvalue weighted by atomic mass is 10.1. The highest BCUT2D eigenvalue weighted by molar-refractivity contribution is 7.91. The van der Waals surface area contributed by atoms with Crippen molar-refractivity contribution in [1.82, 2.24) is 0 Å². The molecule has 9 heteroatoms. The Morgan fingerprint density at radius 1 is 1.12 bits per heavy atom. The molecule has 0 N–H and O–H groups in total. The Bertz CT molecular complexity index is 1100. The SMILES string of the molecule is COC(=O)c1cc(S(=O)(=O)c2ccc3ccccc3c2)c([N+](=O)[O-])s1. The van der Waals surface area contributed by atoms with Gasteiger partial charge in [-0.1, -0.05) is 41.7 Å². The van der Waals surface area contributed by atoms with Crippen LogP contribution in [-0.2, 0) is 14.6 Å². The summed E-state index contributed by atoms with van der Waals surface area (Å²) in [5.74, 6) is -0.826. The maximum atomic E-state index is 12.9. The molecule has 0 spiro atoms. The maximum Gasteiger partial charge on any atom is 0.348 e. The minimum absolute atomic E-state index is 0.0801. The van der Waals surface area contributed by atoms with Gasteiger partial charge in [-0.25, -0.2) is 13.2 Å². The average Bonchev–Trinajstić information content (AvgIpc) is 3.07. The van der Waals surface area contributed by atoms with Crippen LogP contribution in [0.2, 0.25) is 0 Å². The molecule has 1 aromatic heterocycles. The van der Waals surface area contributed by atoms with Crippen molar-refractivity contribution in [2.75, 3.05) is 7.11 Å². The molecule has 0 unspecified atom stereocenters. The van der Waals surface area contributed by atoms with Crippen molar-refractivity contribution >= 4 is 42.9 Å². The molecule has 0 atom stereocenters. The average molecular weight is 377 g/mol. The van der Waals surface area contributed by atoms with E-state index >= 15 is 0 Å². The number of nitro groups is 1. The molecule has 0 fully saturated rings. The van der Waals surface area contributed by atoms with E-state index in [-0.39, 0.29) is 9.77 Å². The summed E-state index contributed by atoms with van der Waals surface area (Å²) < 4.78 is 30.3. The van der Waals surface area contributed by atoms with Crippen molar-refractivity contribution in [3.63, 3.8) is 0 Å². The molecule has 0 bridgehead atoms. The van der Waals surface area contributed by atoms with Gasteiger partial charge in [-0.05, 0) is 29.0 Å². The summed E-state index contributed by atoms with van der Waals surface area (Å²) >= 11 is 0.473. The fourth-order valence-corrected chi connectivity index (χ4v) is 5.02. The molecule has 0 saturated heterocycles. The number of sulfone groups is 1. The number of nitrogens with zero attached hydrogens (tertiary/aromatic N) is 1. The highest BCUT2D eigenvalue weighted by Gasteiger charge is 2.33. The number of benzene rings is 2. The van der Waals surface area contributed by atoms with E-state index in [9.17, 15) is 23.3 Å². The maximum absolute atomic E-state index is 12.9. The van der Waals surface area contributed by atoms with Gasteiger partial charge in [0.2, 0.25) is 9.84 Å². The van der Waals surface area contributed by atoms with Crippen LogP contribution in [0.15, 0.2) is 58.3 Å². The van der Waals surface area contributed by atoms with E-state index in [2.05, 4.69) is 4.74 Å². The van der Waals surface area contributed by atoms with Crippen molar-refractivity contribution in [2.45, 2.75) is 9.79 Å². The van der Waals surface area contributed by atoms with Gasteiger partial charge in [0.25, 0.3) is 0 Å². The summed E-state index contributed by atoms with van der Waals surface area (Å²) in [6.07, 6.45) is 0. The third-order valence-electron chi connectivity index (χ3n) is 3.55. The van der Waals surface area contributed by atoms with Crippen LogP contribution in [-0.4, -0.2) is 26.4 Å². The molecule has 7 nitrogen and oxygen atoms in total. The Balaban J connectivity index is 2.20. The first-order chi connectivity index (χ1) is 11.8. The quantitative estimate of drug-likeness (QED) is 0.392. The Morgan fingerprint density at radius 3 is 2.44 bits per heavy atom. The van der Waals surface area contributed by atoms with Crippen LogP contribution in [0.3, 0.4) is 0 Å². The number of fused-ring (bicyclic) bond motifs is 1. The standard InChI is InChI=1S/C16H11NO6S2/c1-23-16(18)13-9-14(15(24-13)17(19)20)25(21,22)12-7-6-10-4-2-3-5-11(10)8-12/h2-9H,1H3. The molecule has 0 amide bonds. The van der Waals surface area contributed by atoms with Gasteiger partial charge in [-0.3, -0.25) is 10.1 Å². The predicted molar refractivity (Wildman–Crippen MR) is 91.7 cm³/mol. The van der Waals surface area contributed by atoms with Crippen LogP contribution >= 0.6 is 11.3 Å². The van der Waals surface area contributed by atoms with Crippen LogP contribution < -0.4 is 0 Å². The second-order valence-electron chi connectivity index (χ2n) is 5.04. The molecule has 0 aliphatic heterocycles. The predicted octanol–water partition coefficient (Wildman–Crippen LogP) is 3.43. The third kappa shape index (κ3) is 2.99. The van der Waals surface area contributed by atoms with Gasteiger partial charge >= 0.3 is 11.0 Å². The number of thiophene rings is 1. The third-order valence-corrected chi connectivity index (χ3v) is 6.51. The number of methoxy groups -OCH3 is 1. The van der Waals surface area contributed by atoms with E-state index in [1.54, 1.807) is 18.2 Å². The molecule has 0 aliphatic carbocycles. The number of esters is 1. The van der Waals surface area contributed by atoms with Crippen LogP contribution in [0.1, 0.15) is 9.67 Å². The number of carbonyl (C=O) groups excluding carboxylic acids is 1. The molecular formula is C16H11NO6S2. The summed E-state index contributed by atoms with van der Waals surface area (Å²) in [5.41, 5.74) is 0. The van der Waals surface area contributed by atoms with Crippen LogP contribution in [0.4, 0.5) is 5.00 Å². The number of rotatable bonds is 4. The van der Waals surface area contributed by atoms with Gasteiger partial charge in [0, 0.05) is 0 Å². The van der Waals surface area contributed by atoms with Crippen LogP contribution in [0.5, 0.6) is 0 Å². The fourth-order valence-electron chi connectivity index (χ4n) is 2.35. The Hall–Kier alpha value is -2.78. The minimum Gasteiger partial charge on any atom is -0.465 e. The van der Waals surface area contributed by atoms with Gasteiger partial charge in [0.15, 0.2) is 4.90 Å². The number of hydrogen-bond donors (Lipinski definition) is 0. The lowest BCUT2D eigenvalue weighted by molar-refractivity contribution is -0.383. The molecule has 1 heterocycles. The van der Waals surface area contributed by atoms with Gasteiger partial charge in [-0.2, -0.15) is 0 Å². The summed E-state index contributed by atoms with van der Waals surface area (Å²) in [6.45, 7) is 0. The van der Waals surface area contributed by atoms with Crippen molar-refractivity contribution in [3.8, 4) is 0 Å². The lowest BCUT2D eigenvalue weighted by Crippen LogP contribution is -2.04. The summed E-state index contributed by atoms with van der Waals surface area (Å²) in [7, 11) is -3.05. The largest absolute Gasteiger partial charge is 0.465 e. The monoisotopic (exact) mass is 377 g/mol. The Labute approximate surface area is 146 Å². The van der Waals surface area contributed by atoms with Crippen molar-refractivity contribution < 1.29 is 22.9 Å². The fraction of sp³-hybridized carbons (Fsp3) is 0.0625. The second kappa shape index (κ2) is 6.26. The zero-order chi connectivity index (χ0) is 18.2. The summed E-state index contributed by atoms with van der Waals surface area (Å²) in [4.78, 5) is 21.3. The highest BCUT2D eigenvalue weighted by Crippen LogP contribution is 2.37. The summed E-state index contributed by atoms with van der Waals surface area (Å²) in [6, 6.07) is 12.6. The van der Waals surface area contributed by atoms with Gasteiger partial charge < -0.3 is 4.74 Å². The number of ether oxygens (including phenoxy) is 1. The smallest absolute Gasteiger partial charge is 0.348 e. The first kappa shape index (κ1) is 17.1. The van der Waals surface area contributed by atoms with Crippen molar-refractivity contribution in [2.24, 2.45) is 0 Å². The number of hydrogen-bond acceptors (Lipinski definition) is 7. The zero-order valence-corrected chi connectivity index (χ0v) is 14.5. The Morgan fingerprint density at radius 2 is 1.80 bits per heavy atom. The van der Waals surface area contributed by atoms with Crippen molar-refractivity contribution in [3.05, 3.63) is 63.5 Å². The molecule has 25 heavy (non-hydrogen) atoms. The van der Waals surface area contributed by atoms with E-state index in [1.165, 1.54) is 12.1 Å². The summed E-state index contributed by atoms with van der Waals surface area (Å²) in [5, 5.41) is 12.2.